The van der Waals surface area contributed by atoms with Gasteiger partial charge in [-0.15, -0.1) is 0 Å². The minimum absolute atomic E-state index is 0.266. The van der Waals surface area contributed by atoms with Gasteiger partial charge < -0.3 is 9.64 Å². The number of aromatic nitrogens is 1. The molecule has 0 spiro atoms. The van der Waals surface area contributed by atoms with Crippen molar-refractivity contribution >= 4 is 23.3 Å². The highest BCUT2D eigenvalue weighted by molar-refractivity contribution is 6.31. The maximum Gasteiger partial charge on any atom is 0.410 e. The summed E-state index contributed by atoms with van der Waals surface area (Å²) in [6.07, 6.45) is 2.54. The summed E-state index contributed by atoms with van der Waals surface area (Å²) in [4.78, 5) is 18.2. The molecular weight excluding hydrogens is 288 g/mol. The van der Waals surface area contributed by atoms with Crippen molar-refractivity contribution in [2.75, 3.05) is 13.1 Å². The van der Waals surface area contributed by atoms with Gasteiger partial charge in [-0.2, -0.15) is 0 Å². The zero-order valence-electron chi connectivity index (χ0n) is 12.9. The first-order valence-electron chi connectivity index (χ1n) is 7.07. The van der Waals surface area contributed by atoms with E-state index in [9.17, 15) is 4.79 Å². The van der Waals surface area contributed by atoms with Gasteiger partial charge in [0.25, 0.3) is 0 Å². The van der Waals surface area contributed by atoms with E-state index in [2.05, 4.69) is 4.98 Å². The molecule has 0 radical (unpaired) electrons. The first kappa shape index (κ1) is 15.8. The minimum atomic E-state index is -0.462. The Morgan fingerprint density at radius 1 is 1.38 bits per heavy atom. The van der Waals surface area contributed by atoms with Crippen LogP contribution in [0.25, 0.3) is 5.57 Å². The summed E-state index contributed by atoms with van der Waals surface area (Å²) >= 11 is 5.99. The number of rotatable bonds is 1. The van der Waals surface area contributed by atoms with Gasteiger partial charge in [-0.05, 0) is 51.8 Å². The first-order valence-corrected chi connectivity index (χ1v) is 7.44. The third kappa shape index (κ3) is 4.21. The highest BCUT2D eigenvalue weighted by atomic mass is 35.5. The van der Waals surface area contributed by atoms with E-state index in [1.807, 2.05) is 45.9 Å². The number of ether oxygens (including phenoxy) is 1. The van der Waals surface area contributed by atoms with Gasteiger partial charge in [0.2, 0.25) is 0 Å². The quantitative estimate of drug-likeness (QED) is 0.785. The lowest BCUT2D eigenvalue weighted by Crippen LogP contribution is -2.39. The lowest BCUT2D eigenvalue weighted by molar-refractivity contribution is 0.0270. The molecule has 2 rings (SSSR count). The smallest absolute Gasteiger partial charge is 0.410 e. The van der Waals surface area contributed by atoms with E-state index in [0.717, 1.165) is 23.4 Å². The molecule has 1 amide bonds. The second-order valence-corrected chi connectivity index (χ2v) is 6.58. The molecule has 0 unspecified atom stereocenters. The number of hydrogen-bond donors (Lipinski definition) is 0. The fraction of sp³-hybridized carbons (Fsp3) is 0.500. The molecule has 0 aliphatic carbocycles. The summed E-state index contributed by atoms with van der Waals surface area (Å²) in [5.41, 5.74) is 2.44. The summed E-state index contributed by atoms with van der Waals surface area (Å²) in [6.45, 7) is 8.70. The molecule has 4 nitrogen and oxygen atoms in total. The molecule has 5 heteroatoms. The fourth-order valence-corrected chi connectivity index (χ4v) is 2.22. The average Bonchev–Trinajstić information content (AvgIpc) is 2.40. The van der Waals surface area contributed by atoms with Gasteiger partial charge in [-0.3, -0.25) is 4.98 Å². The van der Waals surface area contributed by atoms with E-state index in [1.54, 1.807) is 4.90 Å². The Bertz CT molecular complexity index is 576. The van der Waals surface area contributed by atoms with Crippen LogP contribution >= 0.6 is 11.6 Å². The highest BCUT2D eigenvalue weighted by Gasteiger charge is 2.24. The number of pyridine rings is 1. The Hall–Kier alpha value is -1.55. The molecule has 0 aromatic carbocycles. The van der Waals surface area contributed by atoms with Crippen molar-refractivity contribution in [2.45, 2.75) is 39.7 Å². The van der Waals surface area contributed by atoms with E-state index in [4.69, 9.17) is 16.3 Å². The average molecular weight is 309 g/mol. The molecule has 2 heterocycles. The van der Waals surface area contributed by atoms with Crippen LogP contribution in [-0.2, 0) is 4.74 Å². The molecule has 21 heavy (non-hydrogen) atoms. The van der Waals surface area contributed by atoms with Crippen LogP contribution < -0.4 is 0 Å². The number of hydrogen-bond acceptors (Lipinski definition) is 3. The lowest BCUT2D eigenvalue weighted by Gasteiger charge is -2.29. The van der Waals surface area contributed by atoms with Crippen molar-refractivity contribution in [1.82, 2.24) is 9.88 Å². The minimum Gasteiger partial charge on any atom is -0.444 e. The summed E-state index contributed by atoms with van der Waals surface area (Å²) in [5, 5.41) is 0.672. The van der Waals surface area contributed by atoms with Crippen LogP contribution in [0.15, 0.2) is 18.2 Å². The Kier molecular flexibility index (Phi) is 4.57. The van der Waals surface area contributed by atoms with Crippen LogP contribution in [-0.4, -0.2) is 34.7 Å². The largest absolute Gasteiger partial charge is 0.444 e. The van der Waals surface area contributed by atoms with Gasteiger partial charge in [0.05, 0.1) is 16.4 Å². The third-order valence-electron chi connectivity index (χ3n) is 3.21. The number of carbonyl (C=O) groups is 1. The molecule has 1 aliphatic rings. The molecule has 1 aliphatic heterocycles. The standard InChI is InChI=1S/C16H21ClN2O2/c1-11-13(17)5-6-14(18-11)12-7-9-19(10-8-12)15(20)21-16(2,3)4/h5-7H,8-10H2,1-4H3. The molecular formula is C16H21ClN2O2. The van der Waals surface area contributed by atoms with Crippen molar-refractivity contribution in [2.24, 2.45) is 0 Å². The fourth-order valence-electron chi connectivity index (χ4n) is 2.12. The molecule has 0 fully saturated rings. The topological polar surface area (TPSA) is 42.4 Å². The zero-order chi connectivity index (χ0) is 15.6. The van der Waals surface area contributed by atoms with Gasteiger partial charge in [-0.25, -0.2) is 4.79 Å². The van der Waals surface area contributed by atoms with Crippen LogP contribution in [0.4, 0.5) is 4.79 Å². The molecule has 0 bridgehead atoms. The van der Waals surface area contributed by atoms with E-state index < -0.39 is 5.60 Å². The normalized spacial score (nSPS) is 15.7. The van der Waals surface area contributed by atoms with Gasteiger partial charge in [-0.1, -0.05) is 17.7 Å². The molecule has 0 N–H and O–H groups in total. The van der Waals surface area contributed by atoms with Crippen molar-refractivity contribution < 1.29 is 9.53 Å². The summed E-state index contributed by atoms with van der Waals surface area (Å²) in [6, 6.07) is 3.78. The van der Waals surface area contributed by atoms with Crippen molar-refractivity contribution in [3.63, 3.8) is 0 Å². The van der Waals surface area contributed by atoms with Gasteiger partial charge >= 0.3 is 6.09 Å². The van der Waals surface area contributed by atoms with E-state index in [1.165, 1.54) is 0 Å². The molecule has 1 aromatic rings. The SMILES string of the molecule is Cc1nc(C2=CCN(C(=O)OC(C)(C)C)CC2)ccc1Cl. The molecule has 1 aromatic heterocycles. The highest BCUT2D eigenvalue weighted by Crippen LogP contribution is 2.24. The second-order valence-electron chi connectivity index (χ2n) is 6.17. The van der Waals surface area contributed by atoms with Gasteiger partial charge in [0.15, 0.2) is 0 Å². The molecule has 114 valence electrons. The number of halogens is 1. The second kappa shape index (κ2) is 6.06. The molecule has 0 atom stereocenters. The van der Waals surface area contributed by atoms with Gasteiger partial charge in [0.1, 0.15) is 5.60 Å². The monoisotopic (exact) mass is 308 g/mol. The molecule has 0 saturated carbocycles. The van der Waals surface area contributed by atoms with Crippen molar-refractivity contribution in [3.8, 4) is 0 Å². The van der Waals surface area contributed by atoms with Gasteiger partial charge in [0, 0.05) is 13.1 Å². The number of amides is 1. The maximum absolute atomic E-state index is 12.0. The Morgan fingerprint density at radius 3 is 2.62 bits per heavy atom. The van der Waals surface area contributed by atoms with Crippen LogP contribution in [0, 0.1) is 6.92 Å². The van der Waals surface area contributed by atoms with E-state index in [-0.39, 0.29) is 6.09 Å². The number of carbonyl (C=O) groups excluding carboxylic acids is 1. The van der Waals surface area contributed by atoms with E-state index >= 15 is 0 Å². The van der Waals surface area contributed by atoms with Crippen LogP contribution in [0.3, 0.4) is 0 Å². The first-order chi connectivity index (χ1) is 9.76. The van der Waals surface area contributed by atoms with Crippen LogP contribution in [0.5, 0.6) is 0 Å². The predicted octanol–water partition coefficient (Wildman–Crippen LogP) is 4.07. The summed E-state index contributed by atoms with van der Waals surface area (Å²) in [5.74, 6) is 0. The van der Waals surface area contributed by atoms with Crippen LogP contribution in [0.1, 0.15) is 38.6 Å². The predicted molar refractivity (Wildman–Crippen MR) is 84.4 cm³/mol. The van der Waals surface area contributed by atoms with Crippen molar-refractivity contribution in [1.29, 1.82) is 0 Å². The number of aryl methyl sites for hydroxylation is 1. The zero-order valence-corrected chi connectivity index (χ0v) is 13.7. The Morgan fingerprint density at radius 2 is 2.10 bits per heavy atom. The summed E-state index contributed by atoms with van der Waals surface area (Å²) < 4.78 is 5.38. The Labute approximate surface area is 130 Å². The number of nitrogens with zero attached hydrogens (tertiary/aromatic N) is 2. The van der Waals surface area contributed by atoms with Crippen molar-refractivity contribution in [3.05, 3.63) is 34.6 Å². The van der Waals surface area contributed by atoms with E-state index in [0.29, 0.717) is 18.1 Å². The lowest BCUT2D eigenvalue weighted by atomic mass is 10.0. The third-order valence-corrected chi connectivity index (χ3v) is 3.61. The maximum atomic E-state index is 12.0. The Balaban J connectivity index is 2.05. The molecule has 0 saturated heterocycles. The van der Waals surface area contributed by atoms with Crippen LogP contribution in [0.2, 0.25) is 5.02 Å². The summed E-state index contributed by atoms with van der Waals surface area (Å²) in [7, 11) is 0.